The number of para-hydroxylation sites is 1. The minimum absolute atomic E-state index is 0.144. The number of nitrogens with zero attached hydrogens (tertiary/aromatic N) is 3. The number of pyridine rings is 1. The van der Waals surface area contributed by atoms with Crippen LogP contribution in [0.2, 0.25) is 0 Å². The molecule has 1 amide bonds. The van der Waals surface area contributed by atoms with Gasteiger partial charge in [0.25, 0.3) is 5.88 Å². The third-order valence-electron chi connectivity index (χ3n) is 5.11. The maximum Gasteiger partial charge on any atom is 0.413 e. The summed E-state index contributed by atoms with van der Waals surface area (Å²) in [5.41, 5.74) is 1.46. The van der Waals surface area contributed by atoms with Gasteiger partial charge in [-0.15, -0.1) is 0 Å². The van der Waals surface area contributed by atoms with Gasteiger partial charge in [0.15, 0.2) is 6.23 Å². The molecule has 0 radical (unpaired) electrons. The van der Waals surface area contributed by atoms with E-state index in [4.69, 9.17) is 19.0 Å². The third kappa shape index (κ3) is 5.92. The number of amides is 1. The van der Waals surface area contributed by atoms with Crippen molar-refractivity contribution in [2.75, 3.05) is 14.2 Å². The highest BCUT2D eigenvalue weighted by molar-refractivity contribution is 5.88. The van der Waals surface area contributed by atoms with Gasteiger partial charge in [-0.3, -0.25) is 0 Å². The largest absolute Gasteiger partial charge is 0.481 e. The highest BCUT2D eigenvalue weighted by atomic mass is 16.7. The zero-order valence-corrected chi connectivity index (χ0v) is 19.2. The van der Waals surface area contributed by atoms with Crippen molar-refractivity contribution in [3.05, 3.63) is 78.2 Å². The van der Waals surface area contributed by atoms with Crippen LogP contribution in [0.25, 0.3) is 10.9 Å². The standard InChI is InChI=1S/C25H24N4O6/c1-32-22-14-24(33-2)29(16-26-22)35-23-13-21(19-10-6-7-11-20(19)28-23)34-25(31)27-18(15-30)12-17-8-4-3-5-9-17/h3-11,13-16,18,24H,12H2,1-2H3,(H,27,31). The zero-order chi connectivity index (χ0) is 24.6. The van der Waals surface area contributed by atoms with Gasteiger partial charge in [-0.2, -0.15) is 5.06 Å². The molecule has 0 saturated carbocycles. The van der Waals surface area contributed by atoms with Crippen molar-refractivity contribution in [1.29, 1.82) is 0 Å². The molecule has 0 saturated heterocycles. The summed E-state index contributed by atoms with van der Waals surface area (Å²) in [6.07, 6.45) is 2.65. The van der Waals surface area contributed by atoms with E-state index in [9.17, 15) is 9.59 Å². The van der Waals surface area contributed by atoms with Gasteiger partial charge in [0.05, 0.1) is 18.7 Å². The van der Waals surface area contributed by atoms with Crippen LogP contribution < -0.4 is 14.9 Å². The Balaban J connectivity index is 1.52. The molecule has 0 spiro atoms. The number of nitrogens with one attached hydrogen (secondary N) is 1. The molecule has 2 heterocycles. The van der Waals surface area contributed by atoms with Gasteiger partial charge in [0, 0.05) is 24.6 Å². The van der Waals surface area contributed by atoms with Crippen molar-refractivity contribution in [2.24, 2.45) is 4.99 Å². The van der Waals surface area contributed by atoms with Gasteiger partial charge >= 0.3 is 6.09 Å². The number of methoxy groups -OCH3 is 2. The van der Waals surface area contributed by atoms with E-state index in [1.807, 2.05) is 30.3 Å². The molecule has 0 aliphatic carbocycles. The number of rotatable bonds is 9. The summed E-state index contributed by atoms with van der Waals surface area (Å²) >= 11 is 0. The number of hydroxylamine groups is 2. The summed E-state index contributed by atoms with van der Waals surface area (Å²) in [6.45, 7) is 0. The molecule has 1 aromatic heterocycles. The number of hydrogen-bond donors (Lipinski definition) is 1. The van der Waals surface area contributed by atoms with Crippen LogP contribution in [0, 0.1) is 0 Å². The molecular weight excluding hydrogens is 452 g/mol. The topological polar surface area (TPSA) is 112 Å². The molecule has 10 heteroatoms. The Kier molecular flexibility index (Phi) is 7.53. The zero-order valence-electron chi connectivity index (χ0n) is 19.2. The predicted molar refractivity (Wildman–Crippen MR) is 128 cm³/mol. The van der Waals surface area contributed by atoms with E-state index >= 15 is 0 Å². The number of ether oxygens (including phenoxy) is 3. The Bertz CT molecular complexity index is 1250. The van der Waals surface area contributed by atoms with Gasteiger partial charge in [0.2, 0.25) is 5.88 Å². The lowest BCUT2D eigenvalue weighted by molar-refractivity contribution is -0.109. The van der Waals surface area contributed by atoms with Crippen LogP contribution >= 0.6 is 0 Å². The fourth-order valence-electron chi connectivity index (χ4n) is 3.43. The van der Waals surface area contributed by atoms with E-state index in [2.05, 4.69) is 15.3 Å². The number of carbonyl (C=O) groups is 2. The van der Waals surface area contributed by atoms with Crippen LogP contribution in [0.3, 0.4) is 0 Å². The summed E-state index contributed by atoms with van der Waals surface area (Å²) < 4.78 is 16.1. The molecule has 2 atom stereocenters. The first-order valence-corrected chi connectivity index (χ1v) is 10.8. The monoisotopic (exact) mass is 476 g/mol. The Morgan fingerprint density at radius 2 is 1.91 bits per heavy atom. The summed E-state index contributed by atoms with van der Waals surface area (Å²) in [6, 6.07) is 17.2. The van der Waals surface area contributed by atoms with Crippen LogP contribution in [0.5, 0.6) is 11.6 Å². The molecule has 0 bridgehead atoms. The van der Waals surface area contributed by atoms with Gasteiger partial charge in [-0.1, -0.05) is 42.5 Å². The number of aliphatic imine (C=N–C) groups is 1. The van der Waals surface area contributed by atoms with E-state index in [1.165, 1.54) is 31.7 Å². The maximum absolute atomic E-state index is 12.7. The fraction of sp³-hybridized carbons (Fsp3) is 0.200. The molecule has 10 nitrogen and oxygen atoms in total. The molecule has 35 heavy (non-hydrogen) atoms. The lowest BCUT2D eigenvalue weighted by Gasteiger charge is -2.27. The average molecular weight is 476 g/mol. The van der Waals surface area contributed by atoms with E-state index in [0.29, 0.717) is 29.5 Å². The number of aldehydes is 1. The van der Waals surface area contributed by atoms with Crippen molar-refractivity contribution >= 4 is 29.6 Å². The SMILES string of the molecule is COC1=CC(OC)N(Oc2cc(OC(=O)NC(C=O)Cc3ccccc3)c3ccccc3n2)C=N1. The van der Waals surface area contributed by atoms with Gasteiger partial charge in [0.1, 0.15) is 18.4 Å². The van der Waals surface area contributed by atoms with Crippen LogP contribution in [0.1, 0.15) is 5.56 Å². The first-order valence-electron chi connectivity index (χ1n) is 10.8. The Morgan fingerprint density at radius 3 is 2.66 bits per heavy atom. The number of aromatic nitrogens is 1. The van der Waals surface area contributed by atoms with E-state index < -0.39 is 18.4 Å². The Hall–Kier alpha value is -4.44. The van der Waals surface area contributed by atoms with Crippen molar-refractivity contribution in [2.45, 2.75) is 18.7 Å². The number of carbonyl (C=O) groups excluding carboxylic acids is 2. The van der Waals surface area contributed by atoms with Crippen molar-refractivity contribution < 1.29 is 28.6 Å². The lowest BCUT2D eigenvalue weighted by Crippen LogP contribution is -2.40. The minimum atomic E-state index is -0.776. The fourth-order valence-corrected chi connectivity index (χ4v) is 3.43. The lowest BCUT2D eigenvalue weighted by atomic mass is 10.1. The van der Waals surface area contributed by atoms with E-state index in [1.54, 1.807) is 30.3 Å². The second-order valence-corrected chi connectivity index (χ2v) is 7.47. The molecule has 1 aliphatic rings. The van der Waals surface area contributed by atoms with Crippen molar-refractivity contribution in [3.8, 4) is 11.6 Å². The molecule has 2 unspecified atom stereocenters. The van der Waals surface area contributed by atoms with Gasteiger partial charge in [-0.25, -0.2) is 14.8 Å². The molecule has 180 valence electrons. The molecule has 0 fully saturated rings. The number of benzene rings is 2. The van der Waals surface area contributed by atoms with Gasteiger partial charge in [-0.05, 0) is 24.1 Å². The predicted octanol–water partition coefficient (Wildman–Crippen LogP) is 3.23. The molecule has 3 aromatic rings. The molecule has 1 N–H and O–H groups in total. The normalized spacial score (nSPS) is 15.8. The van der Waals surface area contributed by atoms with Crippen LogP contribution in [0.15, 0.2) is 77.6 Å². The van der Waals surface area contributed by atoms with E-state index in [0.717, 1.165) is 5.56 Å². The van der Waals surface area contributed by atoms with Crippen molar-refractivity contribution in [3.63, 3.8) is 0 Å². The second-order valence-electron chi connectivity index (χ2n) is 7.47. The highest BCUT2D eigenvalue weighted by Crippen LogP contribution is 2.29. The number of hydrogen-bond acceptors (Lipinski definition) is 9. The van der Waals surface area contributed by atoms with Gasteiger partial charge < -0.3 is 29.2 Å². The van der Waals surface area contributed by atoms with Crippen LogP contribution in [-0.4, -0.2) is 55.3 Å². The average Bonchev–Trinajstić information content (AvgIpc) is 2.89. The van der Waals surface area contributed by atoms with Crippen LogP contribution in [-0.2, 0) is 20.7 Å². The first-order chi connectivity index (χ1) is 17.1. The molecule has 1 aliphatic heterocycles. The Morgan fingerprint density at radius 1 is 1.14 bits per heavy atom. The highest BCUT2D eigenvalue weighted by Gasteiger charge is 2.22. The maximum atomic E-state index is 12.7. The van der Waals surface area contributed by atoms with Crippen molar-refractivity contribution in [1.82, 2.24) is 15.4 Å². The quantitative estimate of drug-likeness (QED) is 0.469. The smallest absolute Gasteiger partial charge is 0.413 e. The molecular formula is C25H24N4O6. The third-order valence-corrected chi connectivity index (χ3v) is 5.11. The molecule has 2 aromatic carbocycles. The van der Waals surface area contributed by atoms with E-state index in [-0.39, 0.29) is 11.6 Å². The molecule has 4 rings (SSSR count). The number of fused-ring (bicyclic) bond motifs is 1. The minimum Gasteiger partial charge on any atom is -0.481 e. The summed E-state index contributed by atoms with van der Waals surface area (Å²) in [5, 5.41) is 4.53. The summed E-state index contributed by atoms with van der Waals surface area (Å²) in [7, 11) is 3.01. The first kappa shape index (κ1) is 23.7. The van der Waals surface area contributed by atoms with Crippen LogP contribution in [0.4, 0.5) is 4.79 Å². The Labute approximate surface area is 201 Å². The summed E-state index contributed by atoms with van der Waals surface area (Å²) in [5.74, 6) is 0.734. The second kappa shape index (κ2) is 11.1. The summed E-state index contributed by atoms with van der Waals surface area (Å²) in [4.78, 5) is 38.6.